The molecule has 0 bridgehead atoms. The van der Waals surface area contributed by atoms with E-state index in [4.69, 9.17) is 9.47 Å². The Balaban J connectivity index is 1.15. The van der Waals surface area contributed by atoms with Crippen LogP contribution in [-0.4, -0.2) is 104 Å². The number of amides is 5. The number of carbonyl (C=O) groups is 5. The summed E-state index contributed by atoms with van der Waals surface area (Å²) in [6.07, 6.45) is 7.63. The standard InChI is InChI=1S/C43H53FN6O9S/c1-2-30-25-43(30)40(53)48-60(56,57)37-23-31(44)18-19-34(37)45-21-12-5-3-4-9-17-35(46-41(54)58-32-15-10-11-16-32)39(52)50-27-33(24-36(50)38(51)47-43)59-42(55)49-22-20-29(26-49)28-13-7-6-8-14-28/h2,6-8,13-14,18-20,23,30,32-33,35-36,45H,1,3-5,9-12,15-17,21-22,24-27H2,(H,46,54)(H,47,51)(H,48,53)/t30-,33-,35+,36+,43-/m1/s1. The molecule has 3 fully saturated rings. The lowest BCUT2D eigenvalue weighted by atomic mass is 10.0. The number of halogens is 1. The van der Waals surface area contributed by atoms with Gasteiger partial charge in [0, 0.05) is 32.0 Å². The fourth-order valence-electron chi connectivity index (χ4n) is 8.64. The Morgan fingerprint density at radius 1 is 0.933 bits per heavy atom. The molecular weight excluding hydrogens is 796 g/mol. The van der Waals surface area contributed by atoms with Crippen LogP contribution >= 0.6 is 0 Å². The average Bonchev–Trinajstić information content (AvgIpc) is 3.67. The smallest absolute Gasteiger partial charge is 0.410 e. The van der Waals surface area contributed by atoms with Gasteiger partial charge in [0.25, 0.3) is 15.9 Å². The Hall–Kier alpha value is -5.45. The Bertz CT molecular complexity index is 2110. The molecule has 3 aliphatic heterocycles. The van der Waals surface area contributed by atoms with Crippen LogP contribution in [0.1, 0.15) is 82.6 Å². The lowest BCUT2D eigenvalue weighted by Crippen LogP contribution is -2.58. The molecule has 5 amide bonds. The van der Waals surface area contributed by atoms with Gasteiger partial charge in [-0.3, -0.25) is 14.4 Å². The van der Waals surface area contributed by atoms with Gasteiger partial charge in [-0.1, -0.05) is 68.2 Å². The lowest BCUT2D eigenvalue weighted by Gasteiger charge is -2.30. The first-order chi connectivity index (χ1) is 28.9. The molecule has 0 aromatic heterocycles. The van der Waals surface area contributed by atoms with Crippen LogP contribution in [0.3, 0.4) is 0 Å². The zero-order chi connectivity index (χ0) is 42.4. The van der Waals surface area contributed by atoms with E-state index in [1.165, 1.54) is 21.9 Å². The van der Waals surface area contributed by atoms with Crippen LogP contribution in [0.2, 0.25) is 0 Å². The molecule has 1 spiro atoms. The maximum absolute atomic E-state index is 14.6. The van der Waals surface area contributed by atoms with Gasteiger partial charge in [-0.15, -0.1) is 6.58 Å². The highest BCUT2D eigenvalue weighted by Crippen LogP contribution is 2.45. The molecule has 17 heteroatoms. The van der Waals surface area contributed by atoms with Gasteiger partial charge in [0.05, 0.1) is 12.2 Å². The molecule has 322 valence electrons. The Morgan fingerprint density at radius 3 is 2.42 bits per heavy atom. The summed E-state index contributed by atoms with van der Waals surface area (Å²) < 4.78 is 55.5. The van der Waals surface area contributed by atoms with E-state index in [1.54, 1.807) is 0 Å². The van der Waals surface area contributed by atoms with Crippen LogP contribution < -0.4 is 20.7 Å². The van der Waals surface area contributed by atoms with Crippen molar-refractivity contribution in [3.8, 4) is 0 Å². The maximum Gasteiger partial charge on any atom is 0.410 e. The van der Waals surface area contributed by atoms with Gasteiger partial charge >= 0.3 is 12.2 Å². The molecule has 1 saturated heterocycles. The van der Waals surface area contributed by atoms with E-state index in [0.717, 1.165) is 61.8 Å². The fraction of sp³-hybridized carbons (Fsp3) is 0.512. The third-order valence-electron chi connectivity index (χ3n) is 12.1. The minimum absolute atomic E-state index is 0.000171. The molecule has 0 radical (unpaired) electrons. The number of fused-ring (bicyclic) bond motifs is 2. The molecule has 3 heterocycles. The topological polar surface area (TPSA) is 193 Å². The molecule has 5 atom stereocenters. The Labute approximate surface area is 349 Å². The number of hydrogen-bond donors (Lipinski definition) is 4. The van der Waals surface area contributed by atoms with Gasteiger partial charge in [0.1, 0.15) is 40.5 Å². The van der Waals surface area contributed by atoms with E-state index in [1.807, 2.05) is 36.4 Å². The van der Waals surface area contributed by atoms with E-state index < -0.39 is 80.3 Å². The van der Waals surface area contributed by atoms with E-state index >= 15 is 0 Å². The molecule has 7 rings (SSSR count). The van der Waals surface area contributed by atoms with E-state index in [-0.39, 0.29) is 37.6 Å². The second-order valence-electron chi connectivity index (χ2n) is 16.3. The molecule has 60 heavy (non-hydrogen) atoms. The first kappa shape index (κ1) is 42.7. The number of nitrogens with one attached hydrogen (secondary N) is 4. The number of rotatable bonds is 5. The van der Waals surface area contributed by atoms with E-state index in [2.05, 4.69) is 27.3 Å². The second kappa shape index (κ2) is 18.4. The third kappa shape index (κ3) is 9.77. The molecule has 4 N–H and O–H groups in total. The van der Waals surface area contributed by atoms with Crippen LogP contribution in [0.5, 0.6) is 0 Å². The number of sulfonamides is 1. The largest absolute Gasteiger partial charge is 0.446 e. The Morgan fingerprint density at radius 2 is 1.67 bits per heavy atom. The van der Waals surface area contributed by atoms with Gasteiger partial charge in [-0.2, -0.15) is 0 Å². The van der Waals surface area contributed by atoms with E-state index in [9.17, 15) is 36.8 Å². The van der Waals surface area contributed by atoms with Crippen molar-refractivity contribution < 1.29 is 46.3 Å². The summed E-state index contributed by atoms with van der Waals surface area (Å²) in [7, 11) is -4.66. The van der Waals surface area contributed by atoms with Gasteiger partial charge in [-0.25, -0.2) is 27.1 Å². The summed E-state index contributed by atoms with van der Waals surface area (Å²) in [6.45, 7) is 4.55. The van der Waals surface area contributed by atoms with Crippen LogP contribution in [0, 0.1) is 11.7 Å². The first-order valence-corrected chi connectivity index (χ1v) is 22.4. The Kier molecular flexibility index (Phi) is 13.1. The quantitative estimate of drug-likeness (QED) is 0.298. The first-order valence-electron chi connectivity index (χ1n) is 20.9. The molecule has 15 nitrogen and oxygen atoms in total. The summed E-state index contributed by atoms with van der Waals surface area (Å²) in [5.74, 6) is -3.93. The van der Waals surface area contributed by atoms with Gasteiger partial charge in [0.15, 0.2) is 0 Å². The lowest BCUT2D eigenvalue weighted by molar-refractivity contribution is -0.141. The van der Waals surface area contributed by atoms with Crippen LogP contribution in [0.25, 0.3) is 5.57 Å². The summed E-state index contributed by atoms with van der Waals surface area (Å²) in [5, 5.41) is 8.53. The monoisotopic (exact) mass is 848 g/mol. The molecule has 5 aliphatic rings. The molecule has 2 aromatic carbocycles. The average molecular weight is 849 g/mol. The van der Waals surface area contributed by atoms with Crippen LogP contribution in [-0.2, 0) is 33.9 Å². The maximum atomic E-state index is 14.6. The molecule has 2 aliphatic carbocycles. The van der Waals surface area contributed by atoms with Crippen molar-refractivity contribution in [2.45, 2.75) is 112 Å². The number of carbonyl (C=O) groups excluding carboxylic acids is 5. The summed E-state index contributed by atoms with van der Waals surface area (Å²) in [5.41, 5.74) is 0.260. The van der Waals surface area contributed by atoms with Crippen molar-refractivity contribution >= 4 is 51.2 Å². The number of hydrogen-bond acceptors (Lipinski definition) is 10. The van der Waals surface area contributed by atoms with Gasteiger partial charge in [-0.05, 0) is 74.3 Å². The fourth-order valence-corrected chi connectivity index (χ4v) is 9.87. The van der Waals surface area contributed by atoms with Crippen molar-refractivity contribution in [2.24, 2.45) is 5.92 Å². The molecule has 2 saturated carbocycles. The number of benzene rings is 2. The number of anilines is 1. The number of nitrogens with zero attached hydrogens (tertiary/aromatic N) is 2. The zero-order valence-electron chi connectivity index (χ0n) is 33.5. The van der Waals surface area contributed by atoms with Crippen molar-refractivity contribution in [2.75, 3.05) is 31.5 Å². The summed E-state index contributed by atoms with van der Waals surface area (Å²) in [6, 6.07) is 10.5. The predicted octanol–water partition coefficient (Wildman–Crippen LogP) is 5.00. The third-order valence-corrected chi connectivity index (χ3v) is 13.5. The number of alkyl carbamates (subject to hydrolysis) is 1. The second-order valence-corrected chi connectivity index (χ2v) is 17.9. The van der Waals surface area contributed by atoms with Gasteiger partial charge < -0.3 is 35.2 Å². The highest BCUT2D eigenvalue weighted by Gasteiger charge is 2.61. The van der Waals surface area contributed by atoms with E-state index in [0.29, 0.717) is 38.9 Å². The summed E-state index contributed by atoms with van der Waals surface area (Å²) in [4.78, 5) is 72.1. The highest BCUT2D eigenvalue weighted by molar-refractivity contribution is 7.90. The summed E-state index contributed by atoms with van der Waals surface area (Å²) >= 11 is 0. The zero-order valence-corrected chi connectivity index (χ0v) is 34.4. The highest BCUT2D eigenvalue weighted by atomic mass is 32.2. The van der Waals surface area contributed by atoms with Crippen molar-refractivity contribution in [1.82, 2.24) is 25.2 Å². The van der Waals surface area contributed by atoms with Crippen molar-refractivity contribution in [3.05, 3.63) is 78.6 Å². The minimum Gasteiger partial charge on any atom is -0.446 e. The number of ether oxygens (including phenoxy) is 2. The molecular formula is C43H53FN6O9S. The SMILES string of the molecule is C=C[C@@H]1C[C@@]12NC(=O)[C@@H]1C[C@@H](OC(=O)N3CC=C(c4ccccc4)C3)CN1C(=O)[C@@H](NC(=O)OC1CCCC1)CCCCCCCNc1ccc(F)cc1S(=O)(=O)NC2=O. The van der Waals surface area contributed by atoms with Crippen LogP contribution in [0.15, 0.2) is 72.2 Å². The molecule has 0 unspecified atom stereocenters. The predicted molar refractivity (Wildman–Crippen MR) is 219 cm³/mol. The van der Waals surface area contributed by atoms with Crippen LogP contribution in [0.4, 0.5) is 19.7 Å². The van der Waals surface area contributed by atoms with Crippen molar-refractivity contribution in [3.63, 3.8) is 0 Å². The normalized spacial score (nSPS) is 27.7. The van der Waals surface area contributed by atoms with Crippen molar-refractivity contribution in [1.29, 1.82) is 0 Å². The minimum atomic E-state index is -4.66. The van der Waals surface area contributed by atoms with Gasteiger partial charge in [0.2, 0.25) is 11.8 Å². The molecule has 2 aromatic rings.